The summed E-state index contributed by atoms with van der Waals surface area (Å²) in [6, 6.07) is 6.32. The summed E-state index contributed by atoms with van der Waals surface area (Å²) in [4.78, 5) is 23.0. The molecule has 2 atom stereocenters. The third-order valence-electron chi connectivity index (χ3n) is 2.90. The average molecular weight is 295 g/mol. The molecule has 1 aromatic rings. The average Bonchev–Trinajstić information content (AvgIpc) is 2.42. The zero-order chi connectivity index (χ0) is 15.8. The second kappa shape index (κ2) is 8.26. The summed E-state index contributed by atoms with van der Waals surface area (Å²) in [5, 5.41) is 11.5. The number of benzene rings is 1. The molecular weight excluding hydrogens is 274 g/mol. The first-order valence-electron chi connectivity index (χ1n) is 6.69. The third kappa shape index (κ3) is 5.83. The SMILES string of the molecule is COCCC(NC(=O)C(C)Oc1cccc(C)c1)C(=O)O. The predicted molar refractivity (Wildman–Crippen MR) is 77.3 cm³/mol. The first-order valence-corrected chi connectivity index (χ1v) is 6.69. The van der Waals surface area contributed by atoms with Gasteiger partial charge < -0.3 is 19.9 Å². The molecule has 116 valence electrons. The summed E-state index contributed by atoms with van der Waals surface area (Å²) >= 11 is 0. The molecule has 1 amide bonds. The normalized spacial score (nSPS) is 13.3. The number of methoxy groups -OCH3 is 1. The number of carboxylic acids is 1. The Morgan fingerprint density at radius 1 is 1.38 bits per heavy atom. The van der Waals surface area contributed by atoms with Gasteiger partial charge in [-0.25, -0.2) is 4.79 Å². The quantitative estimate of drug-likeness (QED) is 0.756. The summed E-state index contributed by atoms with van der Waals surface area (Å²) in [5.74, 6) is -0.996. The molecular formula is C15H21NO5. The van der Waals surface area contributed by atoms with Crippen LogP contribution in [0.3, 0.4) is 0 Å². The highest BCUT2D eigenvalue weighted by molar-refractivity contribution is 5.86. The van der Waals surface area contributed by atoms with Gasteiger partial charge in [0, 0.05) is 20.1 Å². The van der Waals surface area contributed by atoms with Crippen molar-refractivity contribution in [3.05, 3.63) is 29.8 Å². The zero-order valence-electron chi connectivity index (χ0n) is 12.5. The molecule has 6 heteroatoms. The number of aryl methyl sites for hydroxylation is 1. The second-order valence-corrected chi connectivity index (χ2v) is 4.76. The third-order valence-corrected chi connectivity index (χ3v) is 2.90. The maximum Gasteiger partial charge on any atom is 0.326 e. The number of hydrogen-bond acceptors (Lipinski definition) is 4. The van der Waals surface area contributed by atoms with Gasteiger partial charge in [0.2, 0.25) is 0 Å². The Bertz CT molecular complexity index is 489. The van der Waals surface area contributed by atoms with Gasteiger partial charge in [0.25, 0.3) is 5.91 Å². The van der Waals surface area contributed by atoms with E-state index in [1.165, 1.54) is 7.11 Å². The van der Waals surface area contributed by atoms with Crippen molar-refractivity contribution in [1.82, 2.24) is 5.32 Å². The predicted octanol–water partition coefficient (Wildman–Crippen LogP) is 1.37. The Hall–Kier alpha value is -2.08. The summed E-state index contributed by atoms with van der Waals surface area (Å²) in [7, 11) is 1.48. The molecule has 0 aliphatic heterocycles. The van der Waals surface area contributed by atoms with E-state index in [0.29, 0.717) is 5.75 Å². The van der Waals surface area contributed by atoms with Crippen LogP contribution < -0.4 is 10.1 Å². The Balaban J connectivity index is 2.58. The number of aliphatic carboxylic acids is 1. The summed E-state index contributed by atoms with van der Waals surface area (Å²) in [6.07, 6.45) is -0.578. The molecule has 0 spiro atoms. The van der Waals surface area contributed by atoms with Gasteiger partial charge in [-0.15, -0.1) is 0 Å². The second-order valence-electron chi connectivity index (χ2n) is 4.76. The maximum absolute atomic E-state index is 12.0. The van der Waals surface area contributed by atoms with Gasteiger partial charge >= 0.3 is 5.97 Å². The van der Waals surface area contributed by atoms with Crippen LogP contribution in [-0.4, -0.2) is 42.8 Å². The molecule has 0 aromatic heterocycles. The van der Waals surface area contributed by atoms with Crippen LogP contribution in [0.1, 0.15) is 18.9 Å². The van der Waals surface area contributed by atoms with Crippen LogP contribution in [0.15, 0.2) is 24.3 Å². The molecule has 1 rings (SSSR count). The van der Waals surface area contributed by atoms with E-state index in [9.17, 15) is 9.59 Å². The highest BCUT2D eigenvalue weighted by Crippen LogP contribution is 2.14. The molecule has 0 radical (unpaired) electrons. The van der Waals surface area contributed by atoms with Crippen LogP contribution in [0.4, 0.5) is 0 Å². The number of carbonyl (C=O) groups is 2. The van der Waals surface area contributed by atoms with Crippen molar-refractivity contribution in [2.24, 2.45) is 0 Å². The van der Waals surface area contributed by atoms with Crippen molar-refractivity contribution in [1.29, 1.82) is 0 Å². The first-order chi connectivity index (χ1) is 9.93. The molecule has 1 aromatic carbocycles. The van der Waals surface area contributed by atoms with E-state index in [1.54, 1.807) is 13.0 Å². The van der Waals surface area contributed by atoms with E-state index in [4.69, 9.17) is 14.6 Å². The number of hydrogen-bond donors (Lipinski definition) is 2. The molecule has 0 saturated carbocycles. The van der Waals surface area contributed by atoms with Gasteiger partial charge in [-0.3, -0.25) is 4.79 Å². The lowest BCUT2D eigenvalue weighted by molar-refractivity contribution is -0.143. The highest BCUT2D eigenvalue weighted by atomic mass is 16.5. The smallest absolute Gasteiger partial charge is 0.326 e. The lowest BCUT2D eigenvalue weighted by atomic mass is 10.2. The molecule has 0 bridgehead atoms. The van der Waals surface area contributed by atoms with Crippen LogP contribution in [-0.2, 0) is 14.3 Å². The van der Waals surface area contributed by atoms with Gasteiger partial charge in [-0.05, 0) is 31.5 Å². The van der Waals surface area contributed by atoms with Crippen LogP contribution in [0.25, 0.3) is 0 Å². The van der Waals surface area contributed by atoms with Crippen LogP contribution >= 0.6 is 0 Å². The minimum absolute atomic E-state index is 0.203. The zero-order valence-corrected chi connectivity index (χ0v) is 12.5. The molecule has 0 aliphatic carbocycles. The molecule has 0 aliphatic rings. The number of ether oxygens (including phenoxy) is 2. The van der Waals surface area contributed by atoms with E-state index in [1.807, 2.05) is 25.1 Å². The standard InChI is InChI=1S/C15H21NO5/c1-10-5-4-6-12(9-10)21-11(2)14(17)16-13(15(18)19)7-8-20-3/h4-6,9,11,13H,7-8H2,1-3H3,(H,16,17)(H,18,19). The van der Waals surface area contributed by atoms with Crippen molar-refractivity contribution < 1.29 is 24.2 Å². The molecule has 6 nitrogen and oxygen atoms in total. The summed E-state index contributed by atoms with van der Waals surface area (Å²) in [6.45, 7) is 3.75. The van der Waals surface area contributed by atoms with Crippen LogP contribution in [0.5, 0.6) is 5.75 Å². The van der Waals surface area contributed by atoms with E-state index >= 15 is 0 Å². The van der Waals surface area contributed by atoms with Crippen molar-refractivity contribution in [2.45, 2.75) is 32.4 Å². The van der Waals surface area contributed by atoms with Crippen molar-refractivity contribution in [3.63, 3.8) is 0 Å². The molecule has 0 heterocycles. The Kier molecular flexibility index (Phi) is 6.68. The van der Waals surface area contributed by atoms with Crippen molar-refractivity contribution in [3.8, 4) is 5.75 Å². The van der Waals surface area contributed by atoms with E-state index in [2.05, 4.69) is 5.32 Å². The fraction of sp³-hybridized carbons (Fsp3) is 0.467. The summed E-state index contributed by atoms with van der Waals surface area (Å²) in [5.41, 5.74) is 1.02. The highest BCUT2D eigenvalue weighted by Gasteiger charge is 2.23. The van der Waals surface area contributed by atoms with E-state index in [-0.39, 0.29) is 13.0 Å². The van der Waals surface area contributed by atoms with Crippen LogP contribution in [0.2, 0.25) is 0 Å². The molecule has 0 saturated heterocycles. The fourth-order valence-electron chi connectivity index (χ4n) is 1.73. The maximum atomic E-state index is 12.0. The molecule has 2 unspecified atom stereocenters. The Morgan fingerprint density at radius 3 is 2.67 bits per heavy atom. The van der Waals surface area contributed by atoms with Gasteiger partial charge in [0.15, 0.2) is 6.10 Å². The largest absolute Gasteiger partial charge is 0.481 e. The Morgan fingerprint density at radius 2 is 2.10 bits per heavy atom. The van der Waals surface area contributed by atoms with E-state index in [0.717, 1.165) is 5.56 Å². The van der Waals surface area contributed by atoms with Crippen molar-refractivity contribution in [2.75, 3.05) is 13.7 Å². The number of amides is 1. The number of nitrogens with one attached hydrogen (secondary N) is 1. The van der Waals surface area contributed by atoms with E-state index < -0.39 is 24.0 Å². The number of carbonyl (C=O) groups excluding carboxylic acids is 1. The molecule has 0 fully saturated rings. The van der Waals surface area contributed by atoms with Crippen molar-refractivity contribution >= 4 is 11.9 Å². The van der Waals surface area contributed by atoms with Gasteiger partial charge in [-0.2, -0.15) is 0 Å². The monoisotopic (exact) mass is 295 g/mol. The topological polar surface area (TPSA) is 84.9 Å². The number of rotatable bonds is 8. The lowest BCUT2D eigenvalue weighted by Gasteiger charge is -2.18. The van der Waals surface area contributed by atoms with Gasteiger partial charge in [0.1, 0.15) is 11.8 Å². The molecule has 21 heavy (non-hydrogen) atoms. The molecule has 2 N–H and O–H groups in total. The van der Waals surface area contributed by atoms with Gasteiger partial charge in [-0.1, -0.05) is 12.1 Å². The lowest BCUT2D eigenvalue weighted by Crippen LogP contribution is -2.46. The Labute approximate surface area is 124 Å². The minimum atomic E-state index is -1.09. The first kappa shape index (κ1) is 17.0. The fourth-order valence-corrected chi connectivity index (χ4v) is 1.73. The summed E-state index contributed by atoms with van der Waals surface area (Å²) < 4.78 is 10.3. The minimum Gasteiger partial charge on any atom is -0.481 e. The van der Waals surface area contributed by atoms with Gasteiger partial charge in [0.05, 0.1) is 0 Å². The van der Waals surface area contributed by atoms with Crippen LogP contribution in [0, 0.1) is 6.92 Å². The number of carboxylic acid groups (broad SMARTS) is 1.